The Morgan fingerprint density at radius 3 is 1.92 bits per heavy atom. The van der Waals surface area contributed by atoms with Gasteiger partial charge in [0.25, 0.3) is 0 Å². The highest BCUT2D eigenvalue weighted by atomic mass is 14.6. The highest BCUT2D eigenvalue weighted by molar-refractivity contribution is 5.07. The first-order valence-electron chi connectivity index (χ1n) is 5.90. The maximum absolute atomic E-state index is 2.34. The molecular formula is C12H20. The van der Waals surface area contributed by atoms with Gasteiger partial charge in [-0.05, 0) is 55.3 Å². The van der Waals surface area contributed by atoms with Crippen molar-refractivity contribution in [2.45, 2.75) is 45.4 Å². The van der Waals surface area contributed by atoms with Gasteiger partial charge < -0.3 is 0 Å². The Kier molecular flexibility index (Phi) is 1.54. The van der Waals surface area contributed by atoms with E-state index < -0.39 is 0 Å². The Bertz CT molecular complexity index is 166. The van der Waals surface area contributed by atoms with E-state index >= 15 is 0 Å². The van der Waals surface area contributed by atoms with Crippen LogP contribution in [0, 0.1) is 29.6 Å². The third kappa shape index (κ3) is 0.791. The lowest BCUT2D eigenvalue weighted by atomic mass is 9.48. The molecule has 3 fully saturated rings. The van der Waals surface area contributed by atoms with Gasteiger partial charge in [0, 0.05) is 0 Å². The van der Waals surface area contributed by atoms with Gasteiger partial charge in [0.05, 0.1) is 0 Å². The normalized spacial score (nSPS) is 55.2. The Balaban J connectivity index is 1.63. The minimum Gasteiger partial charge on any atom is -0.0654 e. The fourth-order valence-electron chi connectivity index (χ4n) is 4.31. The van der Waals surface area contributed by atoms with E-state index in [1.807, 2.05) is 0 Å². The molecule has 0 aromatic heterocycles. The SMILES string of the molecule is CCCC1CC2C3CCC3C2C1. The first kappa shape index (κ1) is 7.41. The number of rotatable bonds is 2. The fraction of sp³-hybridized carbons (Fsp3) is 1.00. The highest BCUT2D eigenvalue weighted by Gasteiger charge is 2.58. The summed E-state index contributed by atoms with van der Waals surface area (Å²) in [7, 11) is 0. The Morgan fingerprint density at radius 1 is 0.917 bits per heavy atom. The van der Waals surface area contributed by atoms with Gasteiger partial charge in [0.15, 0.2) is 0 Å². The molecule has 0 heteroatoms. The van der Waals surface area contributed by atoms with Crippen LogP contribution in [-0.4, -0.2) is 0 Å². The lowest BCUT2D eigenvalue weighted by molar-refractivity contribution is -0.0815. The molecular weight excluding hydrogens is 144 g/mol. The van der Waals surface area contributed by atoms with Crippen molar-refractivity contribution < 1.29 is 0 Å². The van der Waals surface area contributed by atoms with Gasteiger partial charge in [-0.1, -0.05) is 19.8 Å². The van der Waals surface area contributed by atoms with Gasteiger partial charge in [-0.3, -0.25) is 0 Å². The molecule has 0 aromatic rings. The van der Waals surface area contributed by atoms with E-state index in [4.69, 9.17) is 0 Å². The molecule has 0 bridgehead atoms. The molecule has 0 heterocycles. The zero-order chi connectivity index (χ0) is 8.13. The summed E-state index contributed by atoms with van der Waals surface area (Å²) >= 11 is 0. The van der Waals surface area contributed by atoms with Crippen LogP contribution < -0.4 is 0 Å². The molecule has 4 unspecified atom stereocenters. The van der Waals surface area contributed by atoms with Crippen LogP contribution in [0.25, 0.3) is 0 Å². The van der Waals surface area contributed by atoms with Crippen LogP contribution in [0.2, 0.25) is 0 Å². The molecule has 0 aromatic carbocycles. The molecule has 12 heavy (non-hydrogen) atoms. The van der Waals surface area contributed by atoms with E-state index in [1.165, 1.54) is 36.5 Å². The summed E-state index contributed by atoms with van der Waals surface area (Å²) in [6.07, 6.45) is 9.33. The summed E-state index contributed by atoms with van der Waals surface area (Å²) in [5.74, 6) is 5.99. The van der Waals surface area contributed by atoms with Crippen LogP contribution in [0.3, 0.4) is 0 Å². The first-order valence-corrected chi connectivity index (χ1v) is 5.90. The quantitative estimate of drug-likeness (QED) is 0.586. The lowest BCUT2D eigenvalue weighted by Gasteiger charge is -2.57. The van der Waals surface area contributed by atoms with Gasteiger partial charge in [-0.2, -0.15) is 0 Å². The summed E-state index contributed by atoms with van der Waals surface area (Å²) in [5.41, 5.74) is 0. The summed E-state index contributed by atoms with van der Waals surface area (Å²) in [6.45, 7) is 2.34. The minimum absolute atomic E-state index is 1.13. The summed E-state index contributed by atoms with van der Waals surface area (Å²) < 4.78 is 0. The largest absolute Gasteiger partial charge is 0.0654 e. The standard InChI is InChI=1S/C12H20/c1-2-3-8-6-11-9-4-5-10(9)12(11)7-8/h8-12H,2-7H2,1H3. The van der Waals surface area contributed by atoms with Gasteiger partial charge in [-0.15, -0.1) is 0 Å². The molecule has 0 spiro atoms. The van der Waals surface area contributed by atoms with Gasteiger partial charge in [-0.25, -0.2) is 0 Å². The zero-order valence-corrected chi connectivity index (χ0v) is 8.13. The van der Waals surface area contributed by atoms with Gasteiger partial charge in [0.2, 0.25) is 0 Å². The Morgan fingerprint density at radius 2 is 1.50 bits per heavy atom. The van der Waals surface area contributed by atoms with Crippen LogP contribution in [0.5, 0.6) is 0 Å². The van der Waals surface area contributed by atoms with E-state index in [0.29, 0.717) is 0 Å². The summed E-state index contributed by atoms with van der Waals surface area (Å²) in [6, 6.07) is 0. The predicted molar refractivity (Wildman–Crippen MR) is 50.8 cm³/mol. The second-order valence-corrected chi connectivity index (χ2v) is 5.36. The third-order valence-electron chi connectivity index (χ3n) is 4.94. The molecule has 0 saturated heterocycles. The first-order chi connectivity index (χ1) is 5.90. The number of hydrogen-bond acceptors (Lipinski definition) is 0. The summed E-state index contributed by atoms with van der Waals surface area (Å²) in [5, 5.41) is 0. The fourth-order valence-corrected chi connectivity index (χ4v) is 4.31. The third-order valence-corrected chi connectivity index (χ3v) is 4.94. The van der Waals surface area contributed by atoms with E-state index in [1.54, 1.807) is 25.7 Å². The monoisotopic (exact) mass is 164 g/mol. The van der Waals surface area contributed by atoms with Crippen LogP contribution >= 0.6 is 0 Å². The van der Waals surface area contributed by atoms with Gasteiger partial charge in [0.1, 0.15) is 0 Å². The molecule has 0 radical (unpaired) electrons. The second kappa shape index (κ2) is 2.49. The smallest absolute Gasteiger partial charge is 0.0349 e. The van der Waals surface area contributed by atoms with Crippen molar-refractivity contribution in [2.75, 3.05) is 0 Å². The van der Waals surface area contributed by atoms with Crippen molar-refractivity contribution in [3.05, 3.63) is 0 Å². The Labute approximate surface area is 75.7 Å². The average Bonchev–Trinajstić information content (AvgIpc) is 2.30. The predicted octanol–water partition coefficient (Wildman–Crippen LogP) is 3.47. The molecule has 0 amide bonds. The van der Waals surface area contributed by atoms with E-state index in [2.05, 4.69) is 6.92 Å². The molecule has 3 saturated carbocycles. The topological polar surface area (TPSA) is 0 Å². The second-order valence-electron chi connectivity index (χ2n) is 5.36. The molecule has 3 aliphatic carbocycles. The Hall–Kier alpha value is 0. The maximum Gasteiger partial charge on any atom is -0.0349 e. The zero-order valence-electron chi connectivity index (χ0n) is 8.13. The molecule has 0 nitrogen and oxygen atoms in total. The van der Waals surface area contributed by atoms with Crippen molar-refractivity contribution in [2.24, 2.45) is 29.6 Å². The molecule has 3 rings (SSSR count). The van der Waals surface area contributed by atoms with E-state index in [9.17, 15) is 0 Å². The van der Waals surface area contributed by atoms with Gasteiger partial charge >= 0.3 is 0 Å². The molecule has 0 aliphatic heterocycles. The van der Waals surface area contributed by atoms with Crippen molar-refractivity contribution in [3.8, 4) is 0 Å². The molecule has 4 atom stereocenters. The number of hydrogen-bond donors (Lipinski definition) is 0. The molecule has 68 valence electrons. The van der Waals surface area contributed by atoms with Crippen LogP contribution in [0.4, 0.5) is 0 Å². The minimum atomic E-state index is 1.13. The van der Waals surface area contributed by atoms with Crippen LogP contribution in [0.1, 0.15) is 45.4 Å². The molecule has 3 aliphatic rings. The highest BCUT2D eigenvalue weighted by Crippen LogP contribution is 2.66. The lowest BCUT2D eigenvalue weighted by Crippen LogP contribution is -2.50. The van der Waals surface area contributed by atoms with Crippen molar-refractivity contribution in [3.63, 3.8) is 0 Å². The van der Waals surface area contributed by atoms with E-state index in [-0.39, 0.29) is 0 Å². The maximum atomic E-state index is 2.34. The van der Waals surface area contributed by atoms with Crippen LogP contribution in [-0.2, 0) is 0 Å². The number of fused-ring (bicyclic) bond motifs is 4. The van der Waals surface area contributed by atoms with Crippen molar-refractivity contribution >= 4 is 0 Å². The molecule has 0 N–H and O–H groups in total. The van der Waals surface area contributed by atoms with Crippen LogP contribution in [0.15, 0.2) is 0 Å². The average molecular weight is 164 g/mol. The van der Waals surface area contributed by atoms with Crippen molar-refractivity contribution in [1.29, 1.82) is 0 Å². The van der Waals surface area contributed by atoms with Crippen molar-refractivity contribution in [1.82, 2.24) is 0 Å². The van der Waals surface area contributed by atoms with E-state index in [0.717, 1.165) is 5.92 Å². The summed E-state index contributed by atoms with van der Waals surface area (Å²) in [4.78, 5) is 0.